The van der Waals surface area contributed by atoms with Gasteiger partial charge < -0.3 is 0 Å². The molecule has 0 bridgehead atoms. The first kappa shape index (κ1) is 46.4. The molecule has 0 aliphatic rings. The molecule has 3 nitrogen and oxygen atoms in total. The first-order chi connectivity index (χ1) is 35.5. The smallest absolute Gasteiger partial charge is 0.294 e. The van der Waals surface area contributed by atoms with Crippen molar-refractivity contribution < 1.29 is 26.3 Å². The molecule has 3 aromatic heterocycles. The van der Waals surface area contributed by atoms with Crippen molar-refractivity contribution in [2.75, 3.05) is 0 Å². The molecule has 9 heteroatoms. The second-order valence-electron chi connectivity index (χ2n) is 19.4. The third-order valence-electron chi connectivity index (χ3n) is 14.2. The van der Waals surface area contributed by atoms with E-state index in [2.05, 4.69) is 121 Å². The van der Waals surface area contributed by atoms with Gasteiger partial charge in [0.1, 0.15) is 11.6 Å². The Morgan fingerprint density at radius 1 is 0.270 bits per heavy atom. The van der Waals surface area contributed by atoms with Crippen LogP contribution < -0.4 is 0 Å². The second kappa shape index (κ2) is 17.5. The fourth-order valence-corrected chi connectivity index (χ4v) is 10.3. The number of alkyl halides is 6. The molecular formula is C65H45F6N3. The third-order valence-corrected chi connectivity index (χ3v) is 14.2. The van der Waals surface area contributed by atoms with Gasteiger partial charge in [-0.2, -0.15) is 26.3 Å². The fourth-order valence-electron chi connectivity index (χ4n) is 10.3. The SMILES string of the molecule is Cc1ccc(-c2ccc3c(c2)c2cc(-c4ccc(C)cc4)ccc2n3-c2cc(-c3cc(C(F)(F)F)cc(C(F)(F)F)c3)cc(-n3c4ccc(-c5ccc(C)cc5)cc4c4cc(-c5ccc(C)cc5)ccc43)n2)cc1. The van der Waals surface area contributed by atoms with Crippen molar-refractivity contribution in [2.24, 2.45) is 0 Å². The van der Waals surface area contributed by atoms with Crippen molar-refractivity contribution in [1.82, 2.24) is 14.1 Å². The van der Waals surface area contributed by atoms with Crippen molar-refractivity contribution >= 4 is 43.6 Å². The normalized spacial score (nSPS) is 12.2. The minimum atomic E-state index is -5.07. The molecule has 0 saturated carbocycles. The lowest BCUT2D eigenvalue weighted by Crippen LogP contribution is -2.11. The van der Waals surface area contributed by atoms with Gasteiger partial charge in [0, 0.05) is 21.5 Å². The van der Waals surface area contributed by atoms with E-state index in [-0.39, 0.29) is 17.2 Å². The van der Waals surface area contributed by atoms with Gasteiger partial charge in [0.2, 0.25) is 0 Å². The number of fused-ring (bicyclic) bond motifs is 6. The minimum absolute atomic E-state index is 0.117. The topological polar surface area (TPSA) is 22.8 Å². The largest absolute Gasteiger partial charge is 0.416 e. The zero-order chi connectivity index (χ0) is 51.2. The van der Waals surface area contributed by atoms with Crippen LogP contribution in [0, 0.1) is 27.7 Å². The van der Waals surface area contributed by atoms with E-state index in [0.717, 1.165) is 123 Å². The monoisotopic (exact) mass is 981 g/mol. The maximum Gasteiger partial charge on any atom is 0.416 e. The highest BCUT2D eigenvalue weighted by atomic mass is 19.4. The van der Waals surface area contributed by atoms with Crippen LogP contribution >= 0.6 is 0 Å². The third kappa shape index (κ3) is 8.38. The fraction of sp³-hybridized carbons (Fsp3) is 0.0923. The van der Waals surface area contributed by atoms with Crippen LogP contribution in [0.1, 0.15) is 33.4 Å². The van der Waals surface area contributed by atoms with Crippen LogP contribution in [0.25, 0.3) is 111 Å². The number of aryl methyl sites for hydroxylation is 4. The highest BCUT2D eigenvalue weighted by Crippen LogP contribution is 2.43. The summed E-state index contributed by atoms with van der Waals surface area (Å²) in [7, 11) is 0. The van der Waals surface area contributed by atoms with Crippen molar-refractivity contribution in [1.29, 1.82) is 0 Å². The Kier molecular flexibility index (Phi) is 11.0. The van der Waals surface area contributed by atoms with E-state index in [1.54, 1.807) is 12.1 Å². The number of halogens is 6. The molecule has 0 amide bonds. The van der Waals surface area contributed by atoms with Gasteiger partial charge in [0.25, 0.3) is 0 Å². The molecule has 0 unspecified atom stereocenters. The van der Waals surface area contributed by atoms with E-state index in [9.17, 15) is 26.3 Å². The number of nitrogens with zero attached hydrogens (tertiary/aromatic N) is 3. The van der Waals surface area contributed by atoms with Gasteiger partial charge in [-0.25, -0.2) is 4.98 Å². The Morgan fingerprint density at radius 2 is 0.514 bits per heavy atom. The van der Waals surface area contributed by atoms with Gasteiger partial charge in [-0.1, -0.05) is 144 Å². The first-order valence-electron chi connectivity index (χ1n) is 24.3. The maximum absolute atomic E-state index is 14.7. The zero-order valence-corrected chi connectivity index (χ0v) is 40.7. The molecule has 12 aromatic rings. The predicted molar refractivity (Wildman–Crippen MR) is 289 cm³/mol. The molecule has 0 spiro atoms. The van der Waals surface area contributed by atoms with E-state index in [4.69, 9.17) is 4.98 Å². The van der Waals surface area contributed by atoms with E-state index in [1.165, 1.54) is 0 Å². The lowest BCUT2D eigenvalue weighted by atomic mass is 9.99. The Morgan fingerprint density at radius 3 is 0.770 bits per heavy atom. The first-order valence-corrected chi connectivity index (χ1v) is 24.3. The molecule has 9 aromatic carbocycles. The zero-order valence-electron chi connectivity index (χ0n) is 40.7. The Bertz CT molecular complexity index is 3690. The van der Waals surface area contributed by atoms with Gasteiger partial charge >= 0.3 is 12.4 Å². The van der Waals surface area contributed by atoms with Crippen molar-refractivity contribution in [3.05, 3.63) is 234 Å². The molecule has 0 radical (unpaired) electrons. The summed E-state index contributed by atoms with van der Waals surface area (Å²) < 4.78 is 91.9. The van der Waals surface area contributed by atoms with E-state index in [1.807, 2.05) is 85.4 Å². The average Bonchev–Trinajstić information content (AvgIpc) is 3.90. The molecule has 0 aliphatic carbocycles. The number of aromatic nitrogens is 3. The van der Waals surface area contributed by atoms with Gasteiger partial charge in [0.15, 0.2) is 0 Å². The van der Waals surface area contributed by atoms with Gasteiger partial charge in [-0.15, -0.1) is 0 Å². The van der Waals surface area contributed by atoms with Gasteiger partial charge in [-0.3, -0.25) is 9.13 Å². The van der Waals surface area contributed by atoms with Crippen molar-refractivity contribution in [3.8, 4) is 67.3 Å². The number of hydrogen-bond donors (Lipinski definition) is 0. The minimum Gasteiger partial charge on any atom is -0.294 e. The summed E-state index contributed by atoms with van der Waals surface area (Å²) in [5.74, 6) is 0.606. The Balaban J connectivity index is 1.17. The lowest BCUT2D eigenvalue weighted by Gasteiger charge is -2.17. The highest BCUT2D eigenvalue weighted by Gasteiger charge is 2.37. The van der Waals surface area contributed by atoms with Crippen LogP contribution in [0.15, 0.2) is 200 Å². The molecule has 3 heterocycles. The molecule has 0 aliphatic heterocycles. The van der Waals surface area contributed by atoms with Crippen LogP contribution in [0.2, 0.25) is 0 Å². The molecule has 0 N–H and O–H groups in total. The van der Waals surface area contributed by atoms with E-state index >= 15 is 0 Å². The van der Waals surface area contributed by atoms with Gasteiger partial charge in [0.05, 0.1) is 33.2 Å². The summed E-state index contributed by atoms with van der Waals surface area (Å²) in [4.78, 5) is 5.43. The maximum atomic E-state index is 14.7. The Labute approximate surface area is 423 Å². The van der Waals surface area contributed by atoms with Crippen LogP contribution in [0.4, 0.5) is 26.3 Å². The van der Waals surface area contributed by atoms with E-state index in [0.29, 0.717) is 11.6 Å². The van der Waals surface area contributed by atoms with Crippen LogP contribution in [-0.4, -0.2) is 14.1 Å². The van der Waals surface area contributed by atoms with Crippen molar-refractivity contribution in [2.45, 2.75) is 40.0 Å². The highest BCUT2D eigenvalue weighted by molar-refractivity contribution is 6.13. The number of hydrogen-bond acceptors (Lipinski definition) is 1. The summed E-state index contributed by atoms with van der Waals surface area (Å²) in [5, 5.41) is 3.57. The average molecular weight is 982 g/mol. The summed E-state index contributed by atoms with van der Waals surface area (Å²) in [6.45, 7) is 8.15. The second-order valence-corrected chi connectivity index (χ2v) is 19.4. The molecular weight excluding hydrogens is 937 g/mol. The predicted octanol–water partition coefficient (Wildman–Crippen LogP) is 18.9. The number of rotatable bonds is 7. The quantitative estimate of drug-likeness (QED) is 0.146. The summed E-state index contributed by atoms with van der Waals surface area (Å²) in [6, 6.07) is 62.8. The molecule has 0 fully saturated rings. The molecule has 0 atom stereocenters. The van der Waals surface area contributed by atoms with Crippen molar-refractivity contribution in [3.63, 3.8) is 0 Å². The lowest BCUT2D eigenvalue weighted by molar-refractivity contribution is -0.143. The van der Waals surface area contributed by atoms with E-state index < -0.39 is 23.5 Å². The molecule has 74 heavy (non-hydrogen) atoms. The summed E-state index contributed by atoms with van der Waals surface area (Å²) in [6.07, 6.45) is -10.1. The Hall–Kier alpha value is -8.69. The number of pyridine rings is 1. The van der Waals surface area contributed by atoms with Crippen LogP contribution in [0.5, 0.6) is 0 Å². The summed E-state index contributed by atoms with van der Waals surface area (Å²) >= 11 is 0. The van der Waals surface area contributed by atoms with Gasteiger partial charge in [-0.05, 0) is 162 Å². The number of benzene rings is 9. The molecule has 0 saturated heterocycles. The molecule has 362 valence electrons. The van der Waals surface area contributed by atoms with Crippen LogP contribution in [-0.2, 0) is 12.4 Å². The summed E-state index contributed by atoms with van der Waals surface area (Å²) in [5.41, 5.74) is 12.5. The van der Waals surface area contributed by atoms with Crippen LogP contribution in [0.3, 0.4) is 0 Å². The standard InChI is InChI=1S/C65H45F6N3/c1-38-5-13-42(14-6-38)46-21-25-58-54(31-46)55-32-47(43-15-7-39(2)8-16-43)22-26-59(55)73(58)62-35-51(50-29-52(64(66,67)68)37-53(30-50)65(69,70)71)36-63(72-62)74-60-27-23-48(44-17-9-40(3)10-18-44)33-56(60)57-34-49(24-28-61(57)74)45-19-11-41(4)12-20-45/h5-37H,1-4H3. The molecule has 12 rings (SSSR count).